The van der Waals surface area contributed by atoms with Gasteiger partial charge in [0.2, 0.25) is 5.82 Å². The molecule has 0 saturated carbocycles. The summed E-state index contributed by atoms with van der Waals surface area (Å²) in [6.07, 6.45) is -6.16. The molecule has 5 rings (SSSR count). The number of halogens is 5. The molecule has 0 aliphatic carbocycles. The third-order valence-corrected chi connectivity index (χ3v) is 5.07. The largest absolute Gasteiger partial charge is 0.433 e. The SMILES string of the molecule is FC(F)(F)c1ccc(-c2ccc3nnc(C(F)(F)OCc4cc(-c5ccccc5)on4)n3c2)cn1. The Morgan fingerprint density at radius 2 is 1.63 bits per heavy atom. The zero-order chi connectivity index (χ0) is 24.6. The molecule has 0 aliphatic rings. The third-order valence-electron chi connectivity index (χ3n) is 5.07. The molecule has 0 spiro atoms. The van der Waals surface area contributed by atoms with Crippen LogP contribution in [-0.4, -0.2) is 24.7 Å². The molecule has 7 nitrogen and oxygen atoms in total. The molecule has 0 saturated heterocycles. The van der Waals surface area contributed by atoms with Crippen LogP contribution in [0.2, 0.25) is 0 Å². The second-order valence-electron chi connectivity index (χ2n) is 7.45. The Morgan fingerprint density at radius 3 is 2.34 bits per heavy atom. The number of benzene rings is 1. The van der Waals surface area contributed by atoms with E-state index >= 15 is 0 Å². The van der Waals surface area contributed by atoms with Crippen molar-refractivity contribution in [2.75, 3.05) is 0 Å². The molecule has 1 aromatic carbocycles. The fourth-order valence-corrected chi connectivity index (χ4v) is 3.34. The molecule has 5 aromatic rings. The zero-order valence-corrected chi connectivity index (χ0v) is 17.6. The maximum atomic E-state index is 14.9. The molecule has 4 aromatic heterocycles. The van der Waals surface area contributed by atoms with Crippen molar-refractivity contribution in [2.24, 2.45) is 0 Å². The summed E-state index contributed by atoms with van der Waals surface area (Å²) >= 11 is 0. The van der Waals surface area contributed by atoms with Crippen LogP contribution < -0.4 is 0 Å². The van der Waals surface area contributed by atoms with Crippen LogP contribution in [0.15, 0.2) is 77.6 Å². The summed E-state index contributed by atoms with van der Waals surface area (Å²) in [5.74, 6) is -0.406. The van der Waals surface area contributed by atoms with Crippen LogP contribution in [0, 0.1) is 0 Å². The molecule has 0 amide bonds. The van der Waals surface area contributed by atoms with E-state index in [4.69, 9.17) is 9.26 Å². The number of nitrogens with zero attached hydrogens (tertiary/aromatic N) is 5. The Kier molecular flexibility index (Phi) is 5.52. The van der Waals surface area contributed by atoms with Gasteiger partial charge >= 0.3 is 12.3 Å². The van der Waals surface area contributed by atoms with Crippen molar-refractivity contribution in [1.82, 2.24) is 24.7 Å². The highest BCUT2D eigenvalue weighted by atomic mass is 19.4. The van der Waals surface area contributed by atoms with Gasteiger partial charge in [-0.3, -0.25) is 9.38 Å². The number of rotatable bonds is 6. The summed E-state index contributed by atoms with van der Waals surface area (Å²) in [5.41, 5.74) is 0.537. The molecule has 178 valence electrons. The van der Waals surface area contributed by atoms with Crippen molar-refractivity contribution in [3.63, 3.8) is 0 Å². The molecule has 0 atom stereocenters. The van der Waals surface area contributed by atoms with E-state index in [1.165, 1.54) is 30.5 Å². The van der Waals surface area contributed by atoms with Gasteiger partial charge in [-0.15, -0.1) is 10.2 Å². The van der Waals surface area contributed by atoms with E-state index in [1.54, 1.807) is 24.3 Å². The first-order valence-electron chi connectivity index (χ1n) is 10.1. The van der Waals surface area contributed by atoms with E-state index in [-0.39, 0.29) is 11.3 Å². The van der Waals surface area contributed by atoms with Gasteiger partial charge in [0.15, 0.2) is 11.4 Å². The highest BCUT2D eigenvalue weighted by Gasteiger charge is 2.39. The molecule has 0 N–H and O–H groups in total. The lowest BCUT2D eigenvalue weighted by atomic mass is 10.1. The highest BCUT2D eigenvalue weighted by molar-refractivity contribution is 5.64. The zero-order valence-electron chi connectivity index (χ0n) is 17.6. The number of fused-ring (bicyclic) bond motifs is 1. The van der Waals surface area contributed by atoms with Gasteiger partial charge in [0.05, 0.1) is 6.61 Å². The van der Waals surface area contributed by atoms with Gasteiger partial charge in [-0.25, -0.2) is 0 Å². The van der Waals surface area contributed by atoms with Crippen LogP contribution in [0.4, 0.5) is 22.0 Å². The summed E-state index contributed by atoms with van der Waals surface area (Å²) in [6.45, 7) is -0.569. The predicted molar refractivity (Wildman–Crippen MR) is 112 cm³/mol. The maximum absolute atomic E-state index is 14.9. The van der Waals surface area contributed by atoms with E-state index in [2.05, 4.69) is 20.3 Å². The van der Waals surface area contributed by atoms with E-state index < -0.39 is 30.4 Å². The van der Waals surface area contributed by atoms with Gasteiger partial charge in [-0.1, -0.05) is 41.6 Å². The number of alkyl halides is 5. The van der Waals surface area contributed by atoms with Crippen LogP contribution >= 0.6 is 0 Å². The van der Waals surface area contributed by atoms with Crippen LogP contribution in [0.5, 0.6) is 0 Å². The minimum absolute atomic E-state index is 0.0969. The van der Waals surface area contributed by atoms with Crippen molar-refractivity contribution < 1.29 is 31.2 Å². The average molecular weight is 487 g/mol. The van der Waals surface area contributed by atoms with E-state index in [9.17, 15) is 22.0 Å². The Balaban J connectivity index is 1.37. The molecule has 4 heterocycles. The van der Waals surface area contributed by atoms with Gasteiger partial charge < -0.3 is 9.26 Å². The quantitative estimate of drug-likeness (QED) is 0.285. The van der Waals surface area contributed by atoms with Crippen molar-refractivity contribution in [3.8, 4) is 22.5 Å². The van der Waals surface area contributed by atoms with Crippen LogP contribution in [0.1, 0.15) is 17.2 Å². The van der Waals surface area contributed by atoms with Gasteiger partial charge in [0.25, 0.3) is 0 Å². The number of pyridine rings is 2. The molecule has 0 radical (unpaired) electrons. The lowest BCUT2D eigenvalue weighted by Crippen LogP contribution is -2.21. The summed E-state index contributed by atoms with van der Waals surface area (Å²) in [5, 5.41) is 11.0. The lowest BCUT2D eigenvalue weighted by molar-refractivity contribution is -0.262. The van der Waals surface area contributed by atoms with Crippen molar-refractivity contribution in [3.05, 3.63) is 90.3 Å². The van der Waals surface area contributed by atoms with Gasteiger partial charge in [-0.05, 0) is 18.2 Å². The Hall–Kier alpha value is -4.19. The molecule has 0 unspecified atom stereocenters. The standard InChI is InChI=1S/C23H14F5N5O2/c24-22(25,26)19-8-6-15(11-29-19)16-7-9-20-30-31-21(33(20)12-16)23(27,28)34-13-17-10-18(35-32-17)14-4-2-1-3-5-14/h1-12H,13H2. The third kappa shape index (κ3) is 4.60. The van der Waals surface area contributed by atoms with E-state index in [1.807, 2.05) is 6.07 Å². The van der Waals surface area contributed by atoms with Crippen molar-refractivity contribution in [1.29, 1.82) is 0 Å². The Labute approximate surface area is 193 Å². The number of hydrogen-bond acceptors (Lipinski definition) is 6. The first-order chi connectivity index (χ1) is 16.7. The van der Waals surface area contributed by atoms with E-state index in [0.29, 0.717) is 16.9 Å². The minimum Gasteiger partial charge on any atom is -0.356 e. The first-order valence-corrected chi connectivity index (χ1v) is 10.1. The number of hydrogen-bond donors (Lipinski definition) is 0. The molecule has 0 aliphatic heterocycles. The second kappa shape index (κ2) is 8.55. The first kappa shape index (κ1) is 22.6. The topological polar surface area (TPSA) is 78.3 Å². The van der Waals surface area contributed by atoms with Crippen LogP contribution in [-0.2, 0) is 23.6 Å². The molecular weight excluding hydrogens is 473 g/mol. The van der Waals surface area contributed by atoms with Crippen LogP contribution in [0.3, 0.4) is 0 Å². The lowest BCUT2D eigenvalue weighted by Gasteiger charge is -2.14. The second-order valence-corrected chi connectivity index (χ2v) is 7.45. The maximum Gasteiger partial charge on any atom is 0.433 e. The Morgan fingerprint density at radius 1 is 0.857 bits per heavy atom. The van der Waals surface area contributed by atoms with Gasteiger partial charge in [-0.2, -0.15) is 22.0 Å². The van der Waals surface area contributed by atoms with Crippen molar-refractivity contribution >= 4 is 5.65 Å². The van der Waals surface area contributed by atoms with Crippen LogP contribution in [0.25, 0.3) is 28.1 Å². The number of ether oxygens (including phenoxy) is 1. The molecule has 12 heteroatoms. The fourth-order valence-electron chi connectivity index (χ4n) is 3.34. The predicted octanol–water partition coefficient (Wildman–Crippen LogP) is 5.73. The Bertz CT molecular complexity index is 1460. The fraction of sp³-hybridized carbons (Fsp3) is 0.130. The highest BCUT2D eigenvalue weighted by Crippen LogP contribution is 2.32. The van der Waals surface area contributed by atoms with Crippen molar-refractivity contribution in [2.45, 2.75) is 18.9 Å². The monoisotopic (exact) mass is 487 g/mol. The summed E-state index contributed by atoms with van der Waals surface area (Å²) in [4.78, 5) is 3.40. The summed E-state index contributed by atoms with van der Waals surface area (Å²) < 4.78 is 79.1. The molecule has 35 heavy (non-hydrogen) atoms. The molecule has 0 fully saturated rings. The average Bonchev–Trinajstić information content (AvgIpc) is 3.50. The number of aromatic nitrogens is 5. The normalized spacial score (nSPS) is 12.4. The smallest absolute Gasteiger partial charge is 0.356 e. The van der Waals surface area contributed by atoms with Gasteiger partial charge in [0, 0.05) is 35.2 Å². The minimum atomic E-state index is -4.59. The molecular formula is C23H14F5N5O2. The molecule has 0 bridgehead atoms. The van der Waals surface area contributed by atoms with Gasteiger partial charge in [0.1, 0.15) is 11.4 Å². The van der Waals surface area contributed by atoms with E-state index in [0.717, 1.165) is 22.2 Å². The summed E-state index contributed by atoms with van der Waals surface area (Å²) in [6, 6.07) is 15.4. The summed E-state index contributed by atoms with van der Waals surface area (Å²) in [7, 11) is 0.